The fraction of sp³-hybridized carbons (Fsp3) is 0.421. The monoisotopic (exact) mass is 338 g/mol. The van der Waals surface area contributed by atoms with Gasteiger partial charge in [0, 0.05) is 44.6 Å². The van der Waals surface area contributed by atoms with Crippen molar-refractivity contribution < 1.29 is 4.79 Å². The second-order valence-electron chi connectivity index (χ2n) is 6.99. The summed E-state index contributed by atoms with van der Waals surface area (Å²) in [5.74, 6) is 1.28. The van der Waals surface area contributed by atoms with E-state index in [9.17, 15) is 9.59 Å². The van der Waals surface area contributed by atoms with E-state index in [1.807, 2.05) is 24.3 Å². The average Bonchev–Trinajstić information content (AvgIpc) is 3.42. The van der Waals surface area contributed by atoms with Crippen molar-refractivity contribution in [3.8, 4) is 0 Å². The summed E-state index contributed by atoms with van der Waals surface area (Å²) in [6.45, 7) is 3.82. The maximum atomic E-state index is 12.4. The predicted octanol–water partition coefficient (Wildman–Crippen LogP) is 2.16. The van der Waals surface area contributed by atoms with Crippen molar-refractivity contribution in [2.45, 2.75) is 45.2 Å². The van der Waals surface area contributed by atoms with Crippen LogP contribution in [0.3, 0.4) is 0 Å². The highest BCUT2D eigenvalue weighted by Crippen LogP contribution is 2.37. The van der Waals surface area contributed by atoms with E-state index in [2.05, 4.69) is 15.2 Å². The van der Waals surface area contributed by atoms with E-state index in [1.165, 1.54) is 6.92 Å². The zero-order chi connectivity index (χ0) is 17.4. The summed E-state index contributed by atoms with van der Waals surface area (Å²) in [6.07, 6.45) is 3.10. The predicted molar refractivity (Wildman–Crippen MR) is 95.4 cm³/mol. The molecular formula is C19H22N4O2. The van der Waals surface area contributed by atoms with Crippen molar-refractivity contribution in [2.75, 3.05) is 11.9 Å². The number of carbonyl (C=O) groups is 1. The quantitative estimate of drug-likeness (QED) is 0.895. The molecule has 1 fully saturated rings. The topological polar surface area (TPSA) is 78.1 Å². The van der Waals surface area contributed by atoms with Gasteiger partial charge in [-0.1, -0.05) is 12.1 Å². The third kappa shape index (κ3) is 3.64. The maximum Gasteiger partial charge on any atom is 0.255 e. The first-order chi connectivity index (χ1) is 12.1. The fourth-order valence-corrected chi connectivity index (χ4v) is 3.34. The zero-order valence-electron chi connectivity index (χ0n) is 14.3. The highest BCUT2D eigenvalue weighted by atomic mass is 16.1. The summed E-state index contributed by atoms with van der Waals surface area (Å²) in [5, 5.41) is 2.77. The number of rotatable bonds is 4. The summed E-state index contributed by atoms with van der Waals surface area (Å²) >= 11 is 0. The molecule has 2 aliphatic rings. The minimum atomic E-state index is -0.0716. The lowest BCUT2D eigenvalue weighted by Gasteiger charge is -2.27. The van der Waals surface area contributed by atoms with Gasteiger partial charge in [-0.25, -0.2) is 4.98 Å². The largest absolute Gasteiger partial charge is 0.326 e. The van der Waals surface area contributed by atoms with E-state index < -0.39 is 0 Å². The first-order valence-corrected chi connectivity index (χ1v) is 8.79. The summed E-state index contributed by atoms with van der Waals surface area (Å²) in [7, 11) is 0. The van der Waals surface area contributed by atoms with Gasteiger partial charge in [-0.2, -0.15) is 0 Å². The summed E-state index contributed by atoms with van der Waals surface area (Å²) < 4.78 is 0. The molecule has 2 aromatic rings. The lowest BCUT2D eigenvalue weighted by Crippen LogP contribution is -2.35. The number of nitrogens with one attached hydrogen (secondary N) is 2. The zero-order valence-corrected chi connectivity index (χ0v) is 14.3. The number of benzene rings is 1. The van der Waals surface area contributed by atoms with Crippen molar-refractivity contribution in [1.29, 1.82) is 0 Å². The first kappa shape index (κ1) is 16.0. The van der Waals surface area contributed by atoms with E-state index in [0.717, 1.165) is 60.7 Å². The highest BCUT2D eigenvalue weighted by molar-refractivity contribution is 5.88. The molecule has 25 heavy (non-hydrogen) atoms. The van der Waals surface area contributed by atoms with Crippen LogP contribution in [0.25, 0.3) is 0 Å². The Balaban J connectivity index is 1.45. The van der Waals surface area contributed by atoms with E-state index >= 15 is 0 Å². The van der Waals surface area contributed by atoms with Crippen LogP contribution in [0, 0.1) is 0 Å². The molecule has 4 rings (SSSR count). The van der Waals surface area contributed by atoms with Gasteiger partial charge in [-0.05, 0) is 30.5 Å². The van der Waals surface area contributed by atoms with Crippen LogP contribution in [0.4, 0.5) is 5.69 Å². The van der Waals surface area contributed by atoms with Gasteiger partial charge in [-0.3, -0.25) is 14.5 Å². The van der Waals surface area contributed by atoms with Crippen LogP contribution in [0.1, 0.15) is 48.3 Å². The molecule has 1 aromatic carbocycles. The molecule has 0 saturated heterocycles. The van der Waals surface area contributed by atoms with Gasteiger partial charge in [0.05, 0.1) is 11.3 Å². The van der Waals surface area contributed by atoms with Crippen LogP contribution in [0.2, 0.25) is 0 Å². The van der Waals surface area contributed by atoms with Crippen molar-refractivity contribution in [1.82, 2.24) is 14.9 Å². The Morgan fingerprint density at radius 3 is 2.76 bits per heavy atom. The van der Waals surface area contributed by atoms with Gasteiger partial charge in [0.15, 0.2) is 0 Å². The van der Waals surface area contributed by atoms with Gasteiger partial charge in [0.25, 0.3) is 5.56 Å². The van der Waals surface area contributed by atoms with Crippen LogP contribution in [0.5, 0.6) is 0 Å². The molecule has 0 atom stereocenters. The molecule has 130 valence electrons. The fourth-order valence-electron chi connectivity index (χ4n) is 3.34. The minimum Gasteiger partial charge on any atom is -0.326 e. The van der Waals surface area contributed by atoms with E-state index in [4.69, 9.17) is 4.98 Å². The van der Waals surface area contributed by atoms with Gasteiger partial charge in [0.1, 0.15) is 5.82 Å². The SMILES string of the molecule is CC(=O)Nc1ccc(CN2CCc3nc(C4CC4)[nH]c(=O)c3C2)cc1. The lowest BCUT2D eigenvalue weighted by atomic mass is 10.1. The number of nitrogens with zero attached hydrogens (tertiary/aromatic N) is 2. The van der Waals surface area contributed by atoms with Crippen molar-refractivity contribution in [3.05, 3.63) is 57.3 Å². The molecule has 1 aromatic heterocycles. The van der Waals surface area contributed by atoms with Crippen LogP contribution in [0.15, 0.2) is 29.1 Å². The van der Waals surface area contributed by atoms with Gasteiger partial charge >= 0.3 is 0 Å². The van der Waals surface area contributed by atoms with Gasteiger partial charge in [0.2, 0.25) is 5.91 Å². The molecule has 6 heteroatoms. The first-order valence-electron chi connectivity index (χ1n) is 8.79. The van der Waals surface area contributed by atoms with Crippen LogP contribution in [-0.4, -0.2) is 27.3 Å². The van der Waals surface area contributed by atoms with E-state index in [0.29, 0.717) is 12.5 Å². The second-order valence-corrected chi connectivity index (χ2v) is 6.99. The van der Waals surface area contributed by atoms with Crippen LogP contribution < -0.4 is 10.9 Å². The second kappa shape index (κ2) is 6.44. The Kier molecular flexibility index (Phi) is 4.13. The third-order valence-electron chi connectivity index (χ3n) is 4.81. The Hall–Kier alpha value is -2.47. The number of hydrogen-bond acceptors (Lipinski definition) is 4. The van der Waals surface area contributed by atoms with Crippen molar-refractivity contribution >= 4 is 11.6 Å². The highest BCUT2D eigenvalue weighted by Gasteiger charge is 2.29. The molecule has 1 aliphatic carbocycles. The molecule has 0 radical (unpaired) electrons. The molecule has 0 unspecified atom stereocenters. The summed E-state index contributed by atoms with van der Waals surface area (Å²) in [5.41, 5.74) is 3.77. The number of carbonyl (C=O) groups excluding carboxylic acids is 1. The number of anilines is 1. The maximum absolute atomic E-state index is 12.4. The van der Waals surface area contributed by atoms with E-state index in [1.54, 1.807) is 0 Å². The molecule has 0 spiro atoms. The molecule has 2 N–H and O–H groups in total. The Morgan fingerprint density at radius 2 is 2.08 bits per heavy atom. The van der Waals surface area contributed by atoms with Crippen molar-refractivity contribution in [3.63, 3.8) is 0 Å². The molecule has 1 saturated carbocycles. The molecule has 2 heterocycles. The standard InChI is InChI=1S/C19H22N4O2/c1-12(24)20-15-6-2-13(3-7-15)10-23-9-8-17-16(11-23)19(25)22-18(21-17)14-4-5-14/h2-3,6-7,14H,4-5,8-11H2,1H3,(H,20,24)(H,21,22,25). The number of amides is 1. The number of fused-ring (bicyclic) bond motifs is 1. The molecule has 0 bridgehead atoms. The van der Waals surface area contributed by atoms with Crippen LogP contribution >= 0.6 is 0 Å². The minimum absolute atomic E-state index is 0.0256. The molecule has 6 nitrogen and oxygen atoms in total. The van der Waals surface area contributed by atoms with Crippen LogP contribution in [-0.2, 0) is 24.3 Å². The number of hydrogen-bond donors (Lipinski definition) is 2. The molecular weight excluding hydrogens is 316 g/mol. The van der Waals surface area contributed by atoms with Gasteiger partial charge in [-0.15, -0.1) is 0 Å². The number of H-pyrrole nitrogens is 1. The Bertz CT molecular complexity index is 853. The lowest BCUT2D eigenvalue weighted by molar-refractivity contribution is -0.114. The summed E-state index contributed by atoms with van der Waals surface area (Å²) in [4.78, 5) is 33.4. The van der Waals surface area contributed by atoms with Gasteiger partial charge < -0.3 is 10.3 Å². The average molecular weight is 338 g/mol. The normalized spacial score (nSPS) is 17.2. The number of aromatic amines is 1. The summed E-state index contributed by atoms with van der Waals surface area (Å²) in [6, 6.07) is 7.84. The van der Waals surface area contributed by atoms with E-state index in [-0.39, 0.29) is 11.5 Å². The number of aromatic nitrogens is 2. The molecule has 1 aliphatic heterocycles. The molecule has 1 amide bonds. The smallest absolute Gasteiger partial charge is 0.255 e. The Morgan fingerprint density at radius 1 is 1.32 bits per heavy atom. The third-order valence-corrected chi connectivity index (χ3v) is 4.81. The Labute approximate surface area is 146 Å². The van der Waals surface area contributed by atoms with Crippen molar-refractivity contribution in [2.24, 2.45) is 0 Å².